The Hall–Kier alpha value is -2.12. The van der Waals surface area contributed by atoms with E-state index in [9.17, 15) is 22.8 Å². The normalized spacial score (nSPS) is 10.8. The number of nitrogens with zero attached hydrogens (tertiary/aromatic N) is 1. The third-order valence-electron chi connectivity index (χ3n) is 1.70. The first-order valence-electron chi connectivity index (χ1n) is 4.42. The molecule has 0 bridgehead atoms. The fourth-order valence-electron chi connectivity index (χ4n) is 1.01. The van der Waals surface area contributed by atoms with E-state index in [1.807, 2.05) is 0 Å². The SMILES string of the molecule is CNC(=O)c1cccc(C(=O)NC(F)(F)F)n1. The number of halogens is 3. The van der Waals surface area contributed by atoms with Gasteiger partial charge in [-0.1, -0.05) is 6.07 Å². The molecule has 0 radical (unpaired) electrons. The van der Waals surface area contributed by atoms with Crippen molar-refractivity contribution in [2.24, 2.45) is 0 Å². The van der Waals surface area contributed by atoms with Gasteiger partial charge in [-0.15, -0.1) is 0 Å². The monoisotopic (exact) mass is 247 g/mol. The summed E-state index contributed by atoms with van der Waals surface area (Å²) < 4.78 is 35.6. The van der Waals surface area contributed by atoms with Gasteiger partial charge in [0.1, 0.15) is 11.4 Å². The van der Waals surface area contributed by atoms with Gasteiger partial charge in [-0.25, -0.2) is 4.98 Å². The van der Waals surface area contributed by atoms with Gasteiger partial charge in [-0.3, -0.25) is 14.9 Å². The molecule has 17 heavy (non-hydrogen) atoms. The third-order valence-corrected chi connectivity index (χ3v) is 1.70. The average Bonchev–Trinajstić information content (AvgIpc) is 2.26. The molecule has 0 aromatic carbocycles. The van der Waals surface area contributed by atoms with Crippen molar-refractivity contribution in [1.82, 2.24) is 15.6 Å². The number of pyridine rings is 1. The molecule has 1 rings (SSSR count). The van der Waals surface area contributed by atoms with Crippen molar-refractivity contribution in [3.8, 4) is 0 Å². The van der Waals surface area contributed by atoms with Crippen LogP contribution in [0.3, 0.4) is 0 Å². The topological polar surface area (TPSA) is 71.1 Å². The van der Waals surface area contributed by atoms with Gasteiger partial charge in [-0.05, 0) is 12.1 Å². The molecule has 0 aliphatic heterocycles. The lowest BCUT2D eigenvalue weighted by Gasteiger charge is -2.08. The number of amides is 2. The fourth-order valence-corrected chi connectivity index (χ4v) is 1.01. The molecule has 2 N–H and O–H groups in total. The number of carbonyl (C=O) groups excluding carboxylic acids is 2. The van der Waals surface area contributed by atoms with E-state index >= 15 is 0 Å². The van der Waals surface area contributed by atoms with Gasteiger partial charge >= 0.3 is 6.30 Å². The predicted octanol–water partition coefficient (Wildman–Crippen LogP) is 0.691. The van der Waals surface area contributed by atoms with Crippen molar-refractivity contribution in [1.29, 1.82) is 0 Å². The van der Waals surface area contributed by atoms with E-state index in [1.165, 1.54) is 19.2 Å². The Morgan fingerprint density at radius 3 is 2.18 bits per heavy atom. The van der Waals surface area contributed by atoms with E-state index in [-0.39, 0.29) is 5.69 Å². The third kappa shape index (κ3) is 3.74. The van der Waals surface area contributed by atoms with E-state index in [0.29, 0.717) is 0 Å². The standard InChI is InChI=1S/C9H8F3N3O2/c1-13-7(16)5-3-2-4-6(14-5)8(17)15-9(10,11)12/h2-4H,1H3,(H,13,16)(H,15,17). The highest BCUT2D eigenvalue weighted by molar-refractivity contribution is 5.96. The van der Waals surface area contributed by atoms with Crippen LogP contribution in [0.5, 0.6) is 0 Å². The molecule has 0 fully saturated rings. The number of hydrogen-bond acceptors (Lipinski definition) is 3. The molecule has 0 aliphatic carbocycles. The summed E-state index contributed by atoms with van der Waals surface area (Å²) in [5.74, 6) is -2.00. The zero-order valence-electron chi connectivity index (χ0n) is 8.63. The Morgan fingerprint density at radius 2 is 1.71 bits per heavy atom. The van der Waals surface area contributed by atoms with Crippen molar-refractivity contribution >= 4 is 11.8 Å². The molecule has 8 heteroatoms. The molecule has 5 nitrogen and oxygen atoms in total. The molecule has 0 atom stereocenters. The van der Waals surface area contributed by atoms with Crippen LogP contribution in [0.15, 0.2) is 18.2 Å². The van der Waals surface area contributed by atoms with Crippen molar-refractivity contribution < 1.29 is 22.8 Å². The molecule has 92 valence electrons. The Morgan fingerprint density at radius 1 is 1.18 bits per heavy atom. The fraction of sp³-hybridized carbons (Fsp3) is 0.222. The maximum Gasteiger partial charge on any atom is 0.484 e. The van der Waals surface area contributed by atoms with Crippen molar-refractivity contribution in [3.63, 3.8) is 0 Å². The van der Waals surface area contributed by atoms with Crippen LogP contribution in [0.1, 0.15) is 21.0 Å². The Labute approximate surface area is 94.0 Å². The summed E-state index contributed by atoms with van der Waals surface area (Å²) in [7, 11) is 1.34. The maximum atomic E-state index is 11.9. The number of hydrogen-bond donors (Lipinski definition) is 2. The number of nitrogens with one attached hydrogen (secondary N) is 2. The lowest BCUT2D eigenvalue weighted by Crippen LogP contribution is -2.37. The van der Waals surface area contributed by atoms with Gasteiger partial charge in [0.05, 0.1) is 0 Å². The van der Waals surface area contributed by atoms with Gasteiger partial charge in [0, 0.05) is 7.05 Å². The maximum absolute atomic E-state index is 11.9. The highest BCUT2D eigenvalue weighted by atomic mass is 19.4. The Kier molecular flexibility index (Phi) is 3.66. The van der Waals surface area contributed by atoms with Gasteiger partial charge in [-0.2, -0.15) is 13.2 Å². The zero-order chi connectivity index (χ0) is 13.1. The summed E-state index contributed by atoms with van der Waals surface area (Å²) in [6.45, 7) is 0. The summed E-state index contributed by atoms with van der Waals surface area (Å²) in [6, 6.07) is 3.62. The summed E-state index contributed by atoms with van der Waals surface area (Å²) >= 11 is 0. The Balaban J connectivity index is 2.92. The minimum atomic E-state index is -4.83. The van der Waals surface area contributed by atoms with Gasteiger partial charge in [0.25, 0.3) is 11.8 Å². The van der Waals surface area contributed by atoms with Gasteiger partial charge in [0.15, 0.2) is 0 Å². The van der Waals surface area contributed by atoms with Crippen LogP contribution >= 0.6 is 0 Å². The molecule has 2 amide bonds. The van der Waals surface area contributed by atoms with E-state index in [2.05, 4.69) is 10.3 Å². The van der Waals surface area contributed by atoms with Crippen LogP contribution in [0, 0.1) is 0 Å². The lowest BCUT2D eigenvalue weighted by molar-refractivity contribution is -0.146. The molecule has 1 aromatic heterocycles. The quantitative estimate of drug-likeness (QED) is 0.755. The molecular formula is C9H8F3N3O2. The summed E-state index contributed by atoms with van der Waals surface area (Å²) in [5, 5.41) is 3.03. The molecule has 1 aromatic rings. The van der Waals surface area contributed by atoms with E-state index < -0.39 is 23.8 Å². The van der Waals surface area contributed by atoms with Crippen LogP contribution in [-0.2, 0) is 0 Å². The largest absolute Gasteiger partial charge is 0.484 e. The van der Waals surface area contributed by atoms with E-state index in [0.717, 1.165) is 11.4 Å². The summed E-state index contributed by atoms with van der Waals surface area (Å²) in [6.07, 6.45) is -4.83. The van der Waals surface area contributed by atoms with Crippen LogP contribution in [0.2, 0.25) is 0 Å². The first-order chi connectivity index (χ1) is 7.83. The molecular weight excluding hydrogens is 239 g/mol. The lowest BCUT2D eigenvalue weighted by atomic mass is 10.3. The van der Waals surface area contributed by atoms with Crippen LogP contribution in [-0.4, -0.2) is 30.1 Å². The first-order valence-corrected chi connectivity index (χ1v) is 4.42. The first kappa shape index (κ1) is 12.9. The van der Waals surface area contributed by atoms with Gasteiger partial charge < -0.3 is 5.32 Å². The molecule has 0 spiro atoms. The summed E-state index contributed by atoms with van der Waals surface area (Å²) in [4.78, 5) is 25.7. The molecule has 1 heterocycles. The molecule has 0 saturated carbocycles. The predicted molar refractivity (Wildman–Crippen MR) is 51.1 cm³/mol. The van der Waals surface area contributed by atoms with E-state index in [4.69, 9.17) is 0 Å². The number of aromatic nitrogens is 1. The molecule has 0 saturated heterocycles. The second kappa shape index (κ2) is 4.81. The van der Waals surface area contributed by atoms with E-state index in [1.54, 1.807) is 0 Å². The summed E-state index contributed by atoms with van der Waals surface area (Å²) in [5.41, 5.74) is -0.620. The number of carbonyl (C=O) groups is 2. The minimum absolute atomic E-state index is 0.137. The van der Waals surface area contributed by atoms with Crippen molar-refractivity contribution in [3.05, 3.63) is 29.6 Å². The highest BCUT2D eigenvalue weighted by Crippen LogP contribution is 2.11. The second-order valence-electron chi connectivity index (χ2n) is 2.94. The van der Waals surface area contributed by atoms with Gasteiger partial charge in [0.2, 0.25) is 0 Å². The minimum Gasteiger partial charge on any atom is -0.354 e. The Bertz CT molecular complexity index is 445. The number of rotatable bonds is 2. The van der Waals surface area contributed by atoms with Crippen LogP contribution in [0.25, 0.3) is 0 Å². The zero-order valence-corrected chi connectivity index (χ0v) is 8.63. The van der Waals surface area contributed by atoms with Crippen LogP contribution in [0.4, 0.5) is 13.2 Å². The smallest absolute Gasteiger partial charge is 0.354 e. The molecule has 0 aliphatic rings. The van der Waals surface area contributed by atoms with Crippen molar-refractivity contribution in [2.75, 3.05) is 7.05 Å². The number of alkyl halides is 3. The van der Waals surface area contributed by atoms with Crippen LogP contribution < -0.4 is 10.6 Å². The molecule has 0 unspecified atom stereocenters. The van der Waals surface area contributed by atoms with Crippen molar-refractivity contribution in [2.45, 2.75) is 6.30 Å². The average molecular weight is 247 g/mol. The second-order valence-corrected chi connectivity index (χ2v) is 2.94. The highest BCUT2D eigenvalue weighted by Gasteiger charge is 2.31.